The molecule has 0 spiro atoms. The van der Waals surface area contributed by atoms with Crippen molar-refractivity contribution in [1.82, 2.24) is 24.0 Å². The lowest BCUT2D eigenvalue weighted by atomic mass is 9.91. The van der Waals surface area contributed by atoms with Crippen LogP contribution in [0.5, 0.6) is 0 Å². The first kappa shape index (κ1) is 20.3. The first-order valence-corrected chi connectivity index (χ1v) is 9.95. The second kappa shape index (κ2) is 8.43. The predicted octanol–water partition coefficient (Wildman–Crippen LogP) is 1.38. The largest absolute Gasteiger partial charge is 0.354 e. The SMILES string of the molecule is Cn1c(=O)c2c(ncn2CC(=O)NCC(c2ccccc2)c2ccccc2)n(C)c1=O. The van der Waals surface area contributed by atoms with Gasteiger partial charge in [0.05, 0.1) is 6.33 Å². The van der Waals surface area contributed by atoms with Crippen LogP contribution in [0.15, 0.2) is 76.6 Å². The number of imidazole rings is 1. The molecule has 4 rings (SSSR count). The van der Waals surface area contributed by atoms with Crippen molar-refractivity contribution in [2.24, 2.45) is 14.1 Å². The molecule has 1 N–H and O–H groups in total. The maximum Gasteiger partial charge on any atom is 0.332 e. The van der Waals surface area contributed by atoms with Crippen molar-refractivity contribution in [3.63, 3.8) is 0 Å². The molecule has 1 amide bonds. The number of nitrogens with zero attached hydrogens (tertiary/aromatic N) is 4. The van der Waals surface area contributed by atoms with E-state index in [9.17, 15) is 14.4 Å². The molecule has 2 heterocycles. The number of aryl methyl sites for hydroxylation is 1. The van der Waals surface area contributed by atoms with Gasteiger partial charge in [0.2, 0.25) is 5.91 Å². The highest BCUT2D eigenvalue weighted by Gasteiger charge is 2.18. The molecular weight excluding hydrogens is 394 g/mol. The number of fused-ring (bicyclic) bond motifs is 1. The van der Waals surface area contributed by atoms with Gasteiger partial charge in [-0.25, -0.2) is 9.78 Å². The van der Waals surface area contributed by atoms with Crippen LogP contribution >= 0.6 is 0 Å². The minimum Gasteiger partial charge on any atom is -0.354 e. The van der Waals surface area contributed by atoms with Crippen LogP contribution in [0.25, 0.3) is 11.2 Å². The maximum absolute atomic E-state index is 12.7. The number of amides is 1. The number of hydrogen-bond acceptors (Lipinski definition) is 4. The van der Waals surface area contributed by atoms with E-state index in [4.69, 9.17) is 0 Å². The maximum atomic E-state index is 12.7. The van der Waals surface area contributed by atoms with Gasteiger partial charge >= 0.3 is 5.69 Å². The van der Waals surface area contributed by atoms with Gasteiger partial charge in [-0.15, -0.1) is 0 Å². The highest BCUT2D eigenvalue weighted by Crippen LogP contribution is 2.23. The summed E-state index contributed by atoms with van der Waals surface area (Å²) in [6.45, 7) is 0.343. The van der Waals surface area contributed by atoms with E-state index in [0.717, 1.165) is 15.7 Å². The number of carbonyl (C=O) groups excluding carboxylic acids is 1. The van der Waals surface area contributed by atoms with E-state index < -0.39 is 11.2 Å². The van der Waals surface area contributed by atoms with E-state index in [0.29, 0.717) is 6.54 Å². The van der Waals surface area contributed by atoms with Crippen LogP contribution < -0.4 is 16.6 Å². The van der Waals surface area contributed by atoms with Gasteiger partial charge in [0.25, 0.3) is 5.56 Å². The number of aromatic nitrogens is 4. The van der Waals surface area contributed by atoms with Gasteiger partial charge in [-0.1, -0.05) is 60.7 Å². The molecule has 0 aliphatic rings. The Morgan fingerprint density at radius 2 is 1.52 bits per heavy atom. The lowest BCUT2D eigenvalue weighted by Crippen LogP contribution is -2.38. The number of carbonyl (C=O) groups is 1. The van der Waals surface area contributed by atoms with E-state index in [1.807, 2.05) is 60.7 Å². The summed E-state index contributed by atoms with van der Waals surface area (Å²) in [7, 11) is 2.96. The Morgan fingerprint density at radius 3 is 2.10 bits per heavy atom. The third-order valence-electron chi connectivity index (χ3n) is 5.44. The molecule has 31 heavy (non-hydrogen) atoms. The van der Waals surface area contributed by atoms with E-state index in [1.54, 1.807) is 7.05 Å². The molecule has 0 aliphatic carbocycles. The summed E-state index contributed by atoms with van der Waals surface area (Å²) in [6.07, 6.45) is 1.41. The van der Waals surface area contributed by atoms with Crippen LogP contribution in [-0.4, -0.2) is 31.1 Å². The highest BCUT2D eigenvalue weighted by atomic mass is 16.2. The number of rotatable bonds is 6. The van der Waals surface area contributed by atoms with Gasteiger partial charge in [0.15, 0.2) is 11.2 Å². The van der Waals surface area contributed by atoms with Crippen LogP contribution in [0.4, 0.5) is 0 Å². The minimum absolute atomic E-state index is 0.000396. The number of hydrogen-bond donors (Lipinski definition) is 1. The quantitative estimate of drug-likeness (QED) is 0.513. The average Bonchev–Trinajstić information content (AvgIpc) is 3.21. The Balaban J connectivity index is 1.56. The lowest BCUT2D eigenvalue weighted by Gasteiger charge is -2.19. The zero-order chi connectivity index (χ0) is 22.0. The van der Waals surface area contributed by atoms with Crippen LogP contribution in [0.2, 0.25) is 0 Å². The second-order valence-electron chi connectivity index (χ2n) is 7.43. The third-order valence-corrected chi connectivity index (χ3v) is 5.44. The van der Waals surface area contributed by atoms with Crippen molar-refractivity contribution in [3.05, 3.63) is 99.0 Å². The summed E-state index contributed by atoms with van der Waals surface area (Å²) >= 11 is 0. The highest BCUT2D eigenvalue weighted by molar-refractivity contribution is 5.79. The van der Waals surface area contributed by atoms with Crippen LogP contribution in [-0.2, 0) is 25.4 Å². The topological polar surface area (TPSA) is 90.9 Å². The third kappa shape index (κ3) is 3.92. The van der Waals surface area contributed by atoms with Crippen molar-refractivity contribution in [1.29, 1.82) is 0 Å². The number of nitrogens with one attached hydrogen (secondary N) is 1. The van der Waals surface area contributed by atoms with Crippen molar-refractivity contribution < 1.29 is 4.79 Å². The Morgan fingerprint density at radius 1 is 0.935 bits per heavy atom. The standard InChI is InChI=1S/C23H23N5O3/c1-26-21-20(22(30)27(2)23(26)31)28(15-25-21)14-19(29)24-13-18(16-9-5-3-6-10-16)17-11-7-4-8-12-17/h3-12,15,18H,13-14H2,1-2H3,(H,24,29). The van der Waals surface area contributed by atoms with E-state index >= 15 is 0 Å². The molecule has 0 saturated heterocycles. The fourth-order valence-electron chi connectivity index (χ4n) is 3.74. The van der Waals surface area contributed by atoms with Crippen molar-refractivity contribution in [2.45, 2.75) is 12.5 Å². The van der Waals surface area contributed by atoms with Crippen LogP contribution in [0.3, 0.4) is 0 Å². The molecule has 0 unspecified atom stereocenters. The molecular formula is C23H23N5O3. The Labute approximate surface area is 178 Å². The lowest BCUT2D eigenvalue weighted by molar-refractivity contribution is -0.121. The Bertz CT molecular complexity index is 1300. The van der Waals surface area contributed by atoms with Crippen molar-refractivity contribution >= 4 is 17.1 Å². The van der Waals surface area contributed by atoms with E-state index in [-0.39, 0.29) is 29.5 Å². The summed E-state index contributed by atoms with van der Waals surface area (Å²) in [6, 6.07) is 20.0. The Hall–Kier alpha value is -3.94. The molecule has 0 atom stereocenters. The second-order valence-corrected chi connectivity index (χ2v) is 7.43. The van der Waals surface area contributed by atoms with Crippen LogP contribution in [0.1, 0.15) is 17.0 Å². The van der Waals surface area contributed by atoms with Gasteiger partial charge in [0, 0.05) is 26.6 Å². The monoisotopic (exact) mass is 417 g/mol. The molecule has 0 aliphatic heterocycles. The molecule has 0 saturated carbocycles. The summed E-state index contributed by atoms with van der Waals surface area (Å²) in [4.78, 5) is 41.5. The summed E-state index contributed by atoms with van der Waals surface area (Å²) in [5.41, 5.74) is 1.75. The fraction of sp³-hybridized carbons (Fsp3) is 0.217. The summed E-state index contributed by atoms with van der Waals surface area (Å²) < 4.78 is 3.79. The molecule has 8 nitrogen and oxygen atoms in total. The minimum atomic E-state index is -0.477. The van der Waals surface area contributed by atoms with Crippen molar-refractivity contribution in [2.75, 3.05) is 6.54 Å². The first-order chi connectivity index (χ1) is 15.0. The average molecular weight is 417 g/mol. The number of benzene rings is 2. The normalized spacial score (nSPS) is 11.2. The molecule has 0 radical (unpaired) electrons. The van der Waals surface area contributed by atoms with Gasteiger partial charge in [-0.2, -0.15) is 0 Å². The van der Waals surface area contributed by atoms with Crippen molar-refractivity contribution in [3.8, 4) is 0 Å². The van der Waals surface area contributed by atoms with Gasteiger partial charge in [-0.3, -0.25) is 18.7 Å². The van der Waals surface area contributed by atoms with Gasteiger partial charge in [-0.05, 0) is 11.1 Å². The van der Waals surface area contributed by atoms with Gasteiger partial charge < -0.3 is 9.88 Å². The van der Waals surface area contributed by atoms with E-state index in [2.05, 4.69) is 10.3 Å². The predicted molar refractivity (Wildman–Crippen MR) is 118 cm³/mol. The molecule has 0 fully saturated rings. The Kier molecular flexibility index (Phi) is 5.53. The molecule has 2 aromatic heterocycles. The first-order valence-electron chi connectivity index (χ1n) is 9.95. The zero-order valence-electron chi connectivity index (χ0n) is 17.4. The molecule has 0 bridgehead atoms. The molecule has 8 heteroatoms. The molecule has 4 aromatic rings. The summed E-state index contributed by atoms with van der Waals surface area (Å²) in [5, 5.41) is 2.98. The fourth-order valence-corrected chi connectivity index (χ4v) is 3.74. The molecule has 2 aromatic carbocycles. The van der Waals surface area contributed by atoms with E-state index in [1.165, 1.54) is 22.5 Å². The zero-order valence-corrected chi connectivity index (χ0v) is 17.4. The summed E-state index contributed by atoms with van der Waals surface area (Å²) in [5.74, 6) is -0.244. The van der Waals surface area contributed by atoms with Gasteiger partial charge in [0.1, 0.15) is 6.54 Å². The molecule has 158 valence electrons. The smallest absolute Gasteiger partial charge is 0.332 e. The van der Waals surface area contributed by atoms with Crippen LogP contribution in [0, 0.1) is 0 Å².